The van der Waals surface area contributed by atoms with E-state index in [0.717, 1.165) is 6.42 Å². The van der Waals surface area contributed by atoms with Crippen LogP contribution in [0.1, 0.15) is 50.4 Å². The Balaban J connectivity index is 1.67. The monoisotopic (exact) mass is 717 g/mol. The molecular weight excluding hydrogens is 671 g/mol. The molecule has 14 heteroatoms. The van der Waals surface area contributed by atoms with Gasteiger partial charge in [0, 0.05) is 38.3 Å². The second-order valence-corrected chi connectivity index (χ2v) is 16.1. The normalized spacial score (nSPS) is 20.5. The van der Waals surface area contributed by atoms with Crippen LogP contribution in [0, 0.1) is 5.92 Å². The lowest BCUT2D eigenvalue weighted by Gasteiger charge is -2.35. The van der Waals surface area contributed by atoms with Crippen LogP contribution in [-0.2, 0) is 24.8 Å². The van der Waals surface area contributed by atoms with Gasteiger partial charge in [-0.25, -0.2) is 16.8 Å². The fourth-order valence-corrected chi connectivity index (χ4v) is 7.80. The molecule has 1 amide bonds. The van der Waals surface area contributed by atoms with Crippen molar-refractivity contribution in [1.29, 1.82) is 0 Å². The molecule has 3 aromatic rings. The maximum atomic E-state index is 14.4. The molecule has 12 nitrogen and oxygen atoms in total. The first-order valence-electron chi connectivity index (χ1n) is 16.3. The smallest absolute Gasteiger partial charge is 0.261 e. The van der Waals surface area contributed by atoms with Crippen LogP contribution in [0.5, 0.6) is 11.5 Å². The van der Waals surface area contributed by atoms with Gasteiger partial charge in [0.1, 0.15) is 11.5 Å². The zero-order chi connectivity index (χ0) is 35.8. The van der Waals surface area contributed by atoms with E-state index >= 15 is 0 Å². The van der Waals surface area contributed by atoms with Crippen LogP contribution in [0.25, 0.3) is 0 Å². The number of ether oxygens (including phenoxy) is 3. The second-order valence-electron chi connectivity index (χ2n) is 12.4. The van der Waals surface area contributed by atoms with Crippen molar-refractivity contribution >= 4 is 31.6 Å². The third-order valence-corrected chi connectivity index (χ3v) is 11.8. The first kappa shape index (κ1) is 38.1. The molecular formula is C35H47N3O9S2. The van der Waals surface area contributed by atoms with Gasteiger partial charge in [-0.3, -0.25) is 9.52 Å². The van der Waals surface area contributed by atoms with E-state index < -0.39 is 38.1 Å². The number of nitrogens with one attached hydrogen (secondary N) is 1. The molecule has 0 saturated carbocycles. The zero-order valence-electron chi connectivity index (χ0n) is 28.6. The quantitative estimate of drug-likeness (QED) is 0.306. The van der Waals surface area contributed by atoms with E-state index in [1.54, 1.807) is 49.4 Å². The summed E-state index contributed by atoms with van der Waals surface area (Å²) in [6.45, 7) is 5.67. The molecule has 2 N–H and O–H groups in total. The number of rotatable bonds is 10. The van der Waals surface area contributed by atoms with E-state index in [-0.39, 0.29) is 58.5 Å². The SMILES string of the molecule is COc1ccc(S(=O)(=O)Nc2ccc3c(c2)C(=O)N([C@H](C)CO)C[C@H](C)[C@@H](CN(C)S(=O)(=O)c2ccccc2)OCCCC[C@@H](C)O3)cc1. The molecule has 0 radical (unpaired) electrons. The minimum absolute atomic E-state index is 0.0132. The summed E-state index contributed by atoms with van der Waals surface area (Å²) in [5.41, 5.74) is 0.270. The molecule has 1 heterocycles. The van der Waals surface area contributed by atoms with Crippen molar-refractivity contribution in [2.24, 2.45) is 5.92 Å². The number of aliphatic hydroxyl groups excluding tert-OH is 1. The molecule has 4 rings (SSSR count). The second kappa shape index (κ2) is 16.8. The van der Waals surface area contributed by atoms with Gasteiger partial charge in [-0.1, -0.05) is 25.1 Å². The first-order valence-corrected chi connectivity index (χ1v) is 19.2. The Morgan fingerprint density at radius 3 is 2.35 bits per heavy atom. The van der Waals surface area contributed by atoms with Crippen molar-refractivity contribution in [2.75, 3.05) is 45.2 Å². The summed E-state index contributed by atoms with van der Waals surface area (Å²) >= 11 is 0. The number of anilines is 1. The average Bonchev–Trinajstić information content (AvgIpc) is 3.09. The molecule has 0 spiro atoms. The molecule has 0 unspecified atom stereocenters. The number of carbonyl (C=O) groups is 1. The van der Waals surface area contributed by atoms with Gasteiger partial charge in [0.25, 0.3) is 15.9 Å². The van der Waals surface area contributed by atoms with Gasteiger partial charge in [0.05, 0.1) is 47.3 Å². The molecule has 3 aromatic carbocycles. The molecule has 49 heavy (non-hydrogen) atoms. The van der Waals surface area contributed by atoms with Crippen LogP contribution in [0.2, 0.25) is 0 Å². The topological polar surface area (TPSA) is 152 Å². The molecule has 4 atom stereocenters. The fourth-order valence-electron chi connectivity index (χ4n) is 5.54. The summed E-state index contributed by atoms with van der Waals surface area (Å²) in [5, 5.41) is 10.2. The number of amides is 1. The predicted molar refractivity (Wildman–Crippen MR) is 187 cm³/mol. The van der Waals surface area contributed by atoms with E-state index in [4.69, 9.17) is 14.2 Å². The third-order valence-electron chi connectivity index (χ3n) is 8.56. The predicted octanol–water partition coefficient (Wildman–Crippen LogP) is 4.61. The van der Waals surface area contributed by atoms with Crippen molar-refractivity contribution in [3.05, 3.63) is 78.4 Å². The van der Waals surface area contributed by atoms with Crippen LogP contribution < -0.4 is 14.2 Å². The molecule has 0 aromatic heterocycles. The van der Waals surface area contributed by atoms with Crippen LogP contribution in [0.4, 0.5) is 5.69 Å². The number of hydrogen-bond acceptors (Lipinski definition) is 9. The van der Waals surface area contributed by atoms with Gasteiger partial charge in [0.2, 0.25) is 10.0 Å². The van der Waals surface area contributed by atoms with Crippen LogP contribution in [0.15, 0.2) is 82.6 Å². The summed E-state index contributed by atoms with van der Waals surface area (Å²) in [5.74, 6) is -0.0608. The number of benzene rings is 3. The standard InChI is InChI=1S/C35H47N3O9S2/c1-25-22-38(26(2)24-39)35(40)32-21-28(36-48(41,42)30-17-15-29(45-5)16-18-30)14-19-33(32)47-27(3)11-9-10-20-46-34(25)23-37(4)49(43,44)31-12-7-6-8-13-31/h6-8,12-19,21,25-27,34,36,39H,9-11,20,22-24H2,1-5H3/t25-,26+,27+,34+/m0/s1. The van der Waals surface area contributed by atoms with Gasteiger partial charge in [0.15, 0.2) is 0 Å². The highest BCUT2D eigenvalue weighted by atomic mass is 32.2. The van der Waals surface area contributed by atoms with Crippen molar-refractivity contribution in [3.63, 3.8) is 0 Å². The number of aliphatic hydroxyl groups is 1. The van der Waals surface area contributed by atoms with Crippen LogP contribution in [-0.4, -0.2) is 95.8 Å². The maximum absolute atomic E-state index is 14.4. The van der Waals surface area contributed by atoms with Crippen molar-refractivity contribution in [1.82, 2.24) is 9.21 Å². The number of hydrogen-bond donors (Lipinski definition) is 2. The summed E-state index contributed by atoms with van der Waals surface area (Å²) in [7, 11) is -4.83. The average molecular weight is 718 g/mol. The Labute approximate surface area is 290 Å². The summed E-state index contributed by atoms with van der Waals surface area (Å²) in [6, 6.07) is 18.0. The van der Waals surface area contributed by atoms with Gasteiger partial charge < -0.3 is 24.2 Å². The molecule has 1 aliphatic rings. The minimum atomic E-state index is -4.02. The third kappa shape index (κ3) is 9.73. The van der Waals surface area contributed by atoms with Crippen molar-refractivity contribution in [3.8, 4) is 11.5 Å². The lowest BCUT2D eigenvalue weighted by atomic mass is 10.0. The van der Waals surface area contributed by atoms with E-state index in [0.29, 0.717) is 25.2 Å². The van der Waals surface area contributed by atoms with Crippen molar-refractivity contribution < 1.29 is 40.9 Å². The Bertz CT molecular complexity index is 1750. The highest BCUT2D eigenvalue weighted by Crippen LogP contribution is 2.30. The fraction of sp³-hybridized carbons (Fsp3) is 0.457. The maximum Gasteiger partial charge on any atom is 0.261 e. The van der Waals surface area contributed by atoms with Crippen LogP contribution >= 0.6 is 0 Å². The molecule has 1 aliphatic heterocycles. The highest BCUT2D eigenvalue weighted by molar-refractivity contribution is 7.92. The summed E-state index contributed by atoms with van der Waals surface area (Å²) in [4.78, 5) is 16.1. The van der Waals surface area contributed by atoms with E-state index in [1.165, 1.54) is 53.7 Å². The van der Waals surface area contributed by atoms with Gasteiger partial charge in [-0.05, 0) is 87.7 Å². The summed E-state index contributed by atoms with van der Waals surface area (Å²) in [6.07, 6.45) is 1.26. The summed E-state index contributed by atoms with van der Waals surface area (Å²) < 4.78 is 74.7. The van der Waals surface area contributed by atoms with Gasteiger partial charge in [-0.2, -0.15) is 4.31 Å². The largest absolute Gasteiger partial charge is 0.497 e. The van der Waals surface area contributed by atoms with Gasteiger partial charge >= 0.3 is 0 Å². The Hall–Kier alpha value is -3.69. The lowest BCUT2D eigenvalue weighted by Crippen LogP contribution is -2.48. The number of nitrogens with zero attached hydrogens (tertiary/aromatic N) is 2. The van der Waals surface area contributed by atoms with Gasteiger partial charge in [-0.15, -0.1) is 0 Å². The first-order chi connectivity index (χ1) is 23.3. The highest BCUT2D eigenvalue weighted by Gasteiger charge is 2.32. The van der Waals surface area contributed by atoms with Crippen LogP contribution in [0.3, 0.4) is 0 Å². The van der Waals surface area contributed by atoms with E-state index in [9.17, 15) is 26.7 Å². The Morgan fingerprint density at radius 2 is 1.69 bits per heavy atom. The molecule has 0 bridgehead atoms. The Morgan fingerprint density at radius 1 is 1.00 bits per heavy atom. The molecule has 0 fully saturated rings. The molecule has 0 aliphatic carbocycles. The van der Waals surface area contributed by atoms with E-state index in [2.05, 4.69) is 4.72 Å². The van der Waals surface area contributed by atoms with E-state index in [1.807, 2.05) is 13.8 Å². The number of carbonyl (C=O) groups excluding carboxylic acids is 1. The lowest BCUT2D eigenvalue weighted by molar-refractivity contribution is -0.00833. The number of fused-ring (bicyclic) bond motifs is 1. The Kier molecular flexibility index (Phi) is 13.1. The minimum Gasteiger partial charge on any atom is -0.497 e. The molecule has 268 valence electrons. The number of likely N-dealkylation sites (N-methyl/N-ethyl adjacent to an activating group) is 1. The molecule has 0 saturated heterocycles. The zero-order valence-corrected chi connectivity index (χ0v) is 30.2. The number of methoxy groups -OCH3 is 1. The number of sulfonamides is 2. The van der Waals surface area contributed by atoms with Crippen molar-refractivity contribution in [2.45, 2.75) is 68.1 Å².